The summed E-state index contributed by atoms with van der Waals surface area (Å²) in [6.45, 7) is 0. The molecule has 0 unspecified atom stereocenters. The molecule has 10 aromatic rings. The molecule has 0 aliphatic carbocycles. The number of hydrogen-bond donors (Lipinski definition) is 0. The predicted octanol–water partition coefficient (Wildman–Crippen LogP) is 14.1. The van der Waals surface area contributed by atoms with Crippen LogP contribution in [0.15, 0.2) is 185 Å². The lowest BCUT2D eigenvalue weighted by Gasteiger charge is -2.35. The molecule has 1 aliphatic heterocycles. The lowest BCUT2D eigenvalue weighted by atomic mass is 9.97. The van der Waals surface area contributed by atoms with E-state index in [9.17, 15) is 0 Å². The molecule has 0 amide bonds. The molecule has 3 heterocycles. The second-order valence-electron chi connectivity index (χ2n) is 13.3. The van der Waals surface area contributed by atoms with Gasteiger partial charge in [-0.3, -0.25) is 0 Å². The average Bonchev–Trinajstić information content (AvgIpc) is 3.77. The van der Waals surface area contributed by atoms with Crippen LogP contribution in [0.1, 0.15) is 0 Å². The molecule has 0 bridgehead atoms. The molecule has 0 atom stereocenters. The van der Waals surface area contributed by atoms with E-state index in [0.717, 1.165) is 106 Å². The van der Waals surface area contributed by atoms with Crippen LogP contribution < -0.4 is 9.64 Å². The fraction of sp³-hybridized carbons (Fsp3) is 0. The van der Waals surface area contributed by atoms with Crippen molar-refractivity contribution in [3.63, 3.8) is 0 Å². The number of nitrogens with zero attached hydrogens (tertiary/aromatic N) is 1. The van der Waals surface area contributed by atoms with Crippen LogP contribution in [0.25, 0.3) is 77.3 Å². The van der Waals surface area contributed by atoms with Gasteiger partial charge in [-0.25, -0.2) is 0 Å². The normalized spacial score (nSPS) is 12.3. The smallest absolute Gasteiger partial charge is 0.151 e. The topological polar surface area (TPSA) is 38.8 Å². The Kier molecular flexibility index (Phi) is 6.22. The Morgan fingerprint density at radius 1 is 0.308 bits per heavy atom. The van der Waals surface area contributed by atoms with Gasteiger partial charge in [0, 0.05) is 27.1 Å². The van der Waals surface area contributed by atoms with Crippen LogP contribution >= 0.6 is 0 Å². The van der Waals surface area contributed by atoms with Gasteiger partial charge in [-0.15, -0.1) is 0 Å². The second-order valence-corrected chi connectivity index (χ2v) is 13.3. The molecule has 0 N–H and O–H groups in total. The van der Waals surface area contributed by atoms with Gasteiger partial charge in [0.15, 0.2) is 11.5 Å². The molecule has 0 saturated heterocycles. The van der Waals surface area contributed by atoms with E-state index in [2.05, 4.69) is 157 Å². The zero-order valence-corrected chi connectivity index (χ0v) is 27.9. The van der Waals surface area contributed by atoms with Gasteiger partial charge in [0.05, 0.1) is 17.1 Å². The summed E-state index contributed by atoms with van der Waals surface area (Å²) in [6.07, 6.45) is 0. The van der Waals surface area contributed by atoms with Crippen LogP contribution in [0.3, 0.4) is 0 Å². The Bertz CT molecular complexity index is 2840. The molecule has 4 heteroatoms. The van der Waals surface area contributed by atoms with Gasteiger partial charge in [-0.2, -0.15) is 0 Å². The van der Waals surface area contributed by atoms with E-state index in [0.29, 0.717) is 0 Å². The number of furan rings is 2. The van der Waals surface area contributed by atoms with E-state index in [1.807, 2.05) is 24.3 Å². The molecule has 244 valence electrons. The Morgan fingerprint density at radius 2 is 0.769 bits per heavy atom. The third kappa shape index (κ3) is 4.48. The summed E-state index contributed by atoms with van der Waals surface area (Å²) in [7, 11) is 0. The Hall–Kier alpha value is -7.04. The molecule has 0 spiro atoms. The Labute approximate surface area is 299 Å². The van der Waals surface area contributed by atoms with Crippen molar-refractivity contribution in [1.29, 1.82) is 0 Å². The zero-order chi connectivity index (χ0) is 34.2. The van der Waals surface area contributed by atoms with Crippen molar-refractivity contribution < 1.29 is 13.6 Å². The number of rotatable bonds is 4. The van der Waals surface area contributed by atoms with Crippen molar-refractivity contribution in [1.82, 2.24) is 0 Å². The van der Waals surface area contributed by atoms with Gasteiger partial charge in [0.25, 0.3) is 0 Å². The van der Waals surface area contributed by atoms with E-state index in [1.165, 1.54) is 0 Å². The lowest BCUT2D eigenvalue weighted by molar-refractivity contribution is 0.477. The summed E-state index contributed by atoms with van der Waals surface area (Å²) in [5.74, 6) is 1.60. The van der Waals surface area contributed by atoms with Crippen molar-refractivity contribution in [3.05, 3.63) is 176 Å². The minimum absolute atomic E-state index is 0.799. The van der Waals surface area contributed by atoms with Crippen molar-refractivity contribution >= 4 is 60.9 Å². The van der Waals surface area contributed by atoms with E-state index < -0.39 is 0 Å². The van der Waals surface area contributed by atoms with Gasteiger partial charge in [0.2, 0.25) is 0 Å². The fourth-order valence-corrected chi connectivity index (χ4v) is 7.77. The van der Waals surface area contributed by atoms with Crippen molar-refractivity contribution in [2.75, 3.05) is 4.90 Å². The summed E-state index contributed by atoms with van der Waals surface area (Å²) in [4.78, 5) is 2.36. The van der Waals surface area contributed by atoms with Gasteiger partial charge < -0.3 is 18.5 Å². The van der Waals surface area contributed by atoms with Crippen LogP contribution in [0.4, 0.5) is 17.1 Å². The quantitative estimate of drug-likeness (QED) is 0.187. The molecule has 0 radical (unpaired) electrons. The summed E-state index contributed by atoms with van der Waals surface area (Å²) in [6, 6.07) is 61.5. The monoisotopic (exact) mass is 667 g/mol. The third-order valence-corrected chi connectivity index (χ3v) is 10.3. The molecular formula is C48H29NO3. The number of fused-ring (bicyclic) bond motifs is 8. The van der Waals surface area contributed by atoms with Crippen molar-refractivity contribution in [2.24, 2.45) is 0 Å². The van der Waals surface area contributed by atoms with Gasteiger partial charge in [-0.05, 0) is 94.5 Å². The molecule has 0 fully saturated rings. The minimum atomic E-state index is 0.799. The summed E-state index contributed by atoms with van der Waals surface area (Å²) in [5, 5.41) is 4.43. The van der Waals surface area contributed by atoms with Crippen LogP contribution in [0.2, 0.25) is 0 Å². The van der Waals surface area contributed by atoms with Gasteiger partial charge >= 0.3 is 0 Å². The van der Waals surface area contributed by atoms with Crippen LogP contribution in [-0.4, -0.2) is 0 Å². The first-order valence-electron chi connectivity index (χ1n) is 17.5. The number of anilines is 3. The molecule has 2 aromatic heterocycles. The molecule has 11 rings (SSSR count). The molecule has 8 aromatic carbocycles. The first kappa shape index (κ1) is 28.8. The maximum absolute atomic E-state index is 6.72. The second kappa shape index (κ2) is 11.2. The lowest BCUT2D eigenvalue weighted by Crippen LogP contribution is -2.17. The van der Waals surface area contributed by atoms with Crippen molar-refractivity contribution in [2.45, 2.75) is 0 Å². The standard InChI is InChI=1S/C48H29NO3/c1-2-10-30(11-3-1)35-12-4-7-15-40(35)49-41-28-33(31-18-22-45-38(26-31)36-13-5-8-16-43(36)50-45)20-24-47(41)52-48-25-21-34(29-42(48)49)32-19-23-46-39(27-32)37-14-6-9-17-44(37)51-46/h1-29H. The maximum atomic E-state index is 6.72. The van der Waals surface area contributed by atoms with Crippen molar-refractivity contribution in [3.8, 4) is 44.9 Å². The summed E-state index contributed by atoms with van der Waals surface area (Å²) in [5.41, 5.74) is 13.2. The highest BCUT2D eigenvalue weighted by Crippen LogP contribution is 2.54. The molecule has 0 saturated carbocycles. The highest BCUT2D eigenvalue weighted by atomic mass is 16.5. The Balaban J connectivity index is 1.11. The van der Waals surface area contributed by atoms with E-state index in [1.54, 1.807) is 0 Å². The number of hydrogen-bond acceptors (Lipinski definition) is 4. The van der Waals surface area contributed by atoms with E-state index >= 15 is 0 Å². The van der Waals surface area contributed by atoms with Crippen LogP contribution in [-0.2, 0) is 0 Å². The van der Waals surface area contributed by atoms with Gasteiger partial charge in [-0.1, -0.05) is 109 Å². The molecular weight excluding hydrogens is 639 g/mol. The molecule has 52 heavy (non-hydrogen) atoms. The Morgan fingerprint density at radius 3 is 1.37 bits per heavy atom. The molecule has 1 aliphatic rings. The largest absolute Gasteiger partial charge is 0.456 e. The average molecular weight is 668 g/mol. The number of para-hydroxylation sites is 3. The highest BCUT2D eigenvalue weighted by molar-refractivity contribution is 6.07. The predicted molar refractivity (Wildman–Crippen MR) is 212 cm³/mol. The van der Waals surface area contributed by atoms with Crippen LogP contribution in [0.5, 0.6) is 11.5 Å². The number of benzene rings is 8. The number of ether oxygens (including phenoxy) is 1. The third-order valence-electron chi connectivity index (χ3n) is 10.3. The van der Waals surface area contributed by atoms with E-state index in [-0.39, 0.29) is 0 Å². The first-order valence-corrected chi connectivity index (χ1v) is 17.5. The fourth-order valence-electron chi connectivity index (χ4n) is 7.77. The first-order chi connectivity index (χ1) is 25.7. The maximum Gasteiger partial charge on any atom is 0.151 e. The summed E-state index contributed by atoms with van der Waals surface area (Å²) >= 11 is 0. The van der Waals surface area contributed by atoms with E-state index in [4.69, 9.17) is 13.6 Å². The highest BCUT2D eigenvalue weighted by Gasteiger charge is 2.29. The molecule has 4 nitrogen and oxygen atoms in total. The van der Waals surface area contributed by atoms with Crippen LogP contribution in [0, 0.1) is 0 Å². The summed E-state index contributed by atoms with van der Waals surface area (Å²) < 4.78 is 19.0. The zero-order valence-electron chi connectivity index (χ0n) is 27.9. The minimum Gasteiger partial charge on any atom is -0.456 e. The van der Waals surface area contributed by atoms with Gasteiger partial charge in [0.1, 0.15) is 22.3 Å². The SMILES string of the molecule is c1ccc(-c2ccccc2N2c3cc(-c4ccc5oc6ccccc6c5c4)ccc3Oc3ccc(-c4ccc5oc6ccccc6c5c4)cc32)cc1.